The number of nitrogens with one attached hydrogen (secondary N) is 2. The van der Waals surface area contributed by atoms with Crippen LogP contribution in [-0.4, -0.2) is 44.0 Å². The summed E-state index contributed by atoms with van der Waals surface area (Å²) in [7, 11) is 3.47. The minimum absolute atomic E-state index is 0.258. The first-order valence-electron chi connectivity index (χ1n) is 10.1. The van der Waals surface area contributed by atoms with Crippen molar-refractivity contribution in [3.63, 3.8) is 0 Å². The molecule has 2 N–H and O–H groups in total. The number of ether oxygens (including phenoxy) is 1. The van der Waals surface area contributed by atoms with Crippen LogP contribution in [0.2, 0.25) is 0 Å². The molecule has 1 amide bonds. The van der Waals surface area contributed by atoms with E-state index in [1.54, 1.807) is 14.2 Å². The first kappa shape index (κ1) is 20.7. The van der Waals surface area contributed by atoms with E-state index in [2.05, 4.69) is 39.9 Å². The maximum Gasteiger partial charge on any atom is 0.222 e. The average Bonchev–Trinajstić information content (AvgIpc) is 3.15. The van der Waals surface area contributed by atoms with Crippen molar-refractivity contribution in [3.8, 4) is 5.75 Å². The average molecular weight is 395 g/mol. The summed E-state index contributed by atoms with van der Waals surface area (Å²) in [6.07, 6.45) is 2.50. The topological polar surface area (TPSA) is 66.0 Å². The number of carbonyl (C=O) groups is 1. The molecular weight excluding hydrogens is 364 g/mol. The van der Waals surface area contributed by atoms with E-state index < -0.39 is 0 Å². The van der Waals surface area contributed by atoms with Gasteiger partial charge in [0.2, 0.25) is 5.91 Å². The van der Waals surface area contributed by atoms with Gasteiger partial charge in [0.25, 0.3) is 0 Å². The van der Waals surface area contributed by atoms with Crippen LogP contribution in [0.5, 0.6) is 5.75 Å². The van der Waals surface area contributed by atoms with Gasteiger partial charge >= 0.3 is 0 Å². The fraction of sp³-hybridized carbons (Fsp3) is 0.391. The van der Waals surface area contributed by atoms with Gasteiger partial charge in [0.1, 0.15) is 5.75 Å². The van der Waals surface area contributed by atoms with E-state index >= 15 is 0 Å². The van der Waals surface area contributed by atoms with E-state index in [0.29, 0.717) is 19.5 Å². The van der Waals surface area contributed by atoms with E-state index in [4.69, 9.17) is 4.74 Å². The Labute approximate surface area is 173 Å². The van der Waals surface area contributed by atoms with Gasteiger partial charge in [-0.2, -0.15) is 0 Å². The van der Waals surface area contributed by atoms with Gasteiger partial charge in [-0.1, -0.05) is 42.5 Å². The highest BCUT2D eigenvalue weighted by molar-refractivity contribution is 5.79. The van der Waals surface area contributed by atoms with Gasteiger partial charge in [-0.05, 0) is 35.6 Å². The lowest BCUT2D eigenvalue weighted by molar-refractivity contribution is -0.128. The molecule has 1 saturated heterocycles. The summed E-state index contributed by atoms with van der Waals surface area (Å²) in [6, 6.07) is 16.4. The van der Waals surface area contributed by atoms with Crippen LogP contribution in [0.4, 0.5) is 0 Å². The highest BCUT2D eigenvalue weighted by atomic mass is 16.5. The quantitative estimate of drug-likeness (QED) is 0.534. The molecule has 1 heterocycles. The van der Waals surface area contributed by atoms with E-state index in [1.165, 1.54) is 16.7 Å². The third-order valence-electron chi connectivity index (χ3n) is 5.10. The molecule has 6 heteroatoms. The lowest BCUT2D eigenvalue weighted by Crippen LogP contribution is -2.37. The molecule has 6 nitrogen and oxygen atoms in total. The molecule has 0 aromatic heterocycles. The Morgan fingerprint density at radius 3 is 2.72 bits per heavy atom. The first-order valence-corrected chi connectivity index (χ1v) is 10.1. The van der Waals surface area contributed by atoms with Gasteiger partial charge < -0.3 is 20.3 Å². The summed E-state index contributed by atoms with van der Waals surface area (Å²) >= 11 is 0. The molecule has 0 saturated carbocycles. The molecule has 1 fully saturated rings. The van der Waals surface area contributed by atoms with Crippen molar-refractivity contribution >= 4 is 11.9 Å². The summed E-state index contributed by atoms with van der Waals surface area (Å²) < 4.78 is 5.40. The molecule has 2 aromatic carbocycles. The zero-order valence-corrected chi connectivity index (χ0v) is 17.3. The zero-order valence-electron chi connectivity index (χ0n) is 17.3. The van der Waals surface area contributed by atoms with Crippen molar-refractivity contribution in [2.75, 3.05) is 27.2 Å². The summed E-state index contributed by atoms with van der Waals surface area (Å²) in [5.41, 5.74) is 3.50. The van der Waals surface area contributed by atoms with Crippen LogP contribution >= 0.6 is 0 Å². The van der Waals surface area contributed by atoms with Gasteiger partial charge in [0.15, 0.2) is 5.96 Å². The van der Waals surface area contributed by atoms with Gasteiger partial charge in [-0.3, -0.25) is 9.79 Å². The molecule has 3 rings (SSSR count). The predicted molar refractivity (Wildman–Crippen MR) is 116 cm³/mol. The number of hydrogen-bond acceptors (Lipinski definition) is 3. The normalized spacial score (nSPS) is 14.2. The Hall–Kier alpha value is -3.02. The SMILES string of the molecule is CN=C(NCCc1ccccc1OC)NCc1cccc(CN2CCCC2=O)c1. The van der Waals surface area contributed by atoms with Crippen LogP contribution in [-0.2, 0) is 24.3 Å². The molecule has 0 bridgehead atoms. The number of aliphatic imine (C=N–C) groups is 1. The van der Waals surface area contributed by atoms with Gasteiger partial charge in [0.05, 0.1) is 7.11 Å². The third kappa shape index (κ3) is 5.98. The monoisotopic (exact) mass is 394 g/mol. The zero-order chi connectivity index (χ0) is 20.5. The van der Waals surface area contributed by atoms with Gasteiger partial charge in [0, 0.05) is 39.6 Å². The molecule has 0 aliphatic carbocycles. The predicted octanol–water partition coefficient (Wildman–Crippen LogP) is 2.73. The minimum atomic E-state index is 0.258. The smallest absolute Gasteiger partial charge is 0.222 e. The number of carbonyl (C=O) groups excluding carboxylic acids is 1. The van der Waals surface area contributed by atoms with E-state index in [9.17, 15) is 4.79 Å². The number of methoxy groups -OCH3 is 1. The molecule has 29 heavy (non-hydrogen) atoms. The summed E-state index contributed by atoms with van der Waals surface area (Å²) in [5, 5.41) is 6.71. The second-order valence-corrected chi connectivity index (χ2v) is 7.15. The summed E-state index contributed by atoms with van der Waals surface area (Å²) in [4.78, 5) is 18.1. The van der Waals surface area contributed by atoms with E-state index in [0.717, 1.165) is 37.6 Å². The third-order valence-corrected chi connectivity index (χ3v) is 5.10. The fourth-order valence-corrected chi connectivity index (χ4v) is 3.56. The Bertz CT molecular complexity index is 850. The Morgan fingerprint density at radius 1 is 1.14 bits per heavy atom. The van der Waals surface area contributed by atoms with Crippen molar-refractivity contribution in [1.29, 1.82) is 0 Å². The Morgan fingerprint density at radius 2 is 1.97 bits per heavy atom. The molecule has 0 spiro atoms. The van der Waals surface area contributed by atoms with Crippen LogP contribution in [0.25, 0.3) is 0 Å². The van der Waals surface area contributed by atoms with Crippen LogP contribution < -0.4 is 15.4 Å². The molecule has 0 unspecified atom stereocenters. The molecular formula is C23H30N4O2. The number of amides is 1. The van der Waals surface area contributed by atoms with Gasteiger partial charge in [-0.25, -0.2) is 0 Å². The maximum atomic E-state index is 11.8. The highest BCUT2D eigenvalue weighted by Crippen LogP contribution is 2.17. The maximum absolute atomic E-state index is 11.8. The lowest BCUT2D eigenvalue weighted by atomic mass is 10.1. The number of likely N-dealkylation sites (tertiary alicyclic amines) is 1. The van der Waals surface area contributed by atoms with Crippen molar-refractivity contribution < 1.29 is 9.53 Å². The Balaban J connectivity index is 1.48. The largest absolute Gasteiger partial charge is 0.496 e. The molecule has 1 aliphatic heterocycles. The Kier molecular flexibility index (Phi) is 7.50. The van der Waals surface area contributed by atoms with Crippen molar-refractivity contribution in [2.45, 2.75) is 32.4 Å². The minimum Gasteiger partial charge on any atom is -0.496 e. The van der Waals surface area contributed by atoms with Crippen LogP contribution in [0.3, 0.4) is 0 Å². The molecule has 2 aromatic rings. The number of rotatable bonds is 8. The van der Waals surface area contributed by atoms with Crippen molar-refractivity contribution in [1.82, 2.24) is 15.5 Å². The second kappa shape index (κ2) is 10.5. The van der Waals surface area contributed by atoms with Crippen LogP contribution in [0.15, 0.2) is 53.5 Å². The molecule has 0 radical (unpaired) electrons. The molecule has 1 aliphatic rings. The number of hydrogen-bond donors (Lipinski definition) is 2. The number of nitrogens with zero attached hydrogens (tertiary/aromatic N) is 2. The highest BCUT2D eigenvalue weighted by Gasteiger charge is 2.19. The summed E-state index contributed by atoms with van der Waals surface area (Å²) in [6.45, 7) is 3.00. The van der Waals surface area contributed by atoms with Crippen molar-refractivity contribution in [3.05, 3.63) is 65.2 Å². The second-order valence-electron chi connectivity index (χ2n) is 7.15. The molecule has 154 valence electrons. The molecule has 0 atom stereocenters. The van der Waals surface area contributed by atoms with E-state index in [-0.39, 0.29) is 5.91 Å². The lowest BCUT2D eigenvalue weighted by Gasteiger charge is -2.16. The standard InChI is InChI=1S/C23H30N4O2/c1-24-23(25-13-12-20-9-3-4-10-21(20)29-2)26-16-18-7-5-8-19(15-18)17-27-14-6-11-22(27)28/h3-5,7-10,15H,6,11-14,16-17H2,1-2H3,(H2,24,25,26). The number of para-hydroxylation sites is 1. The number of guanidine groups is 1. The van der Waals surface area contributed by atoms with Gasteiger partial charge in [-0.15, -0.1) is 0 Å². The first-order chi connectivity index (χ1) is 14.2. The van der Waals surface area contributed by atoms with Crippen LogP contribution in [0, 0.1) is 0 Å². The van der Waals surface area contributed by atoms with Crippen LogP contribution in [0.1, 0.15) is 29.5 Å². The summed E-state index contributed by atoms with van der Waals surface area (Å²) in [5.74, 6) is 1.93. The fourth-order valence-electron chi connectivity index (χ4n) is 3.56. The van der Waals surface area contributed by atoms with E-state index in [1.807, 2.05) is 29.2 Å². The number of benzene rings is 2. The van der Waals surface area contributed by atoms with Crippen molar-refractivity contribution in [2.24, 2.45) is 4.99 Å².